The van der Waals surface area contributed by atoms with E-state index in [-0.39, 0.29) is 19.0 Å². The predicted molar refractivity (Wildman–Crippen MR) is 173 cm³/mol. The smallest absolute Gasteiger partial charge is 0.338 e. The van der Waals surface area contributed by atoms with Crippen LogP contribution in [0.5, 0.6) is 0 Å². The lowest BCUT2D eigenvalue weighted by atomic mass is 9.80. The highest BCUT2D eigenvalue weighted by atomic mass is 127. The molecule has 0 amide bonds. The lowest BCUT2D eigenvalue weighted by Gasteiger charge is -2.54. The van der Waals surface area contributed by atoms with Gasteiger partial charge in [0.05, 0.1) is 41.1 Å². The van der Waals surface area contributed by atoms with Gasteiger partial charge in [0.15, 0.2) is 0 Å². The van der Waals surface area contributed by atoms with E-state index in [2.05, 4.69) is 45.2 Å². The van der Waals surface area contributed by atoms with Gasteiger partial charge in [-0.15, -0.1) is 10.1 Å². The second kappa shape index (κ2) is 12.5. The van der Waals surface area contributed by atoms with Gasteiger partial charge < -0.3 is 19.1 Å². The van der Waals surface area contributed by atoms with Gasteiger partial charge in [0.2, 0.25) is 0 Å². The summed E-state index contributed by atoms with van der Waals surface area (Å²) in [6, 6.07) is 6.33. The van der Waals surface area contributed by atoms with Gasteiger partial charge in [-0.3, -0.25) is 9.59 Å². The van der Waals surface area contributed by atoms with E-state index in [0.717, 1.165) is 0 Å². The Balaban J connectivity index is 1.76. The molecule has 0 spiro atoms. The minimum Gasteiger partial charge on any atom is -0.458 e. The third-order valence-electron chi connectivity index (χ3n) is 7.84. The Labute approximate surface area is 275 Å². The summed E-state index contributed by atoms with van der Waals surface area (Å²) in [7, 11) is 0. The molecule has 3 rings (SSSR count). The van der Waals surface area contributed by atoms with Crippen molar-refractivity contribution in [3.05, 3.63) is 35.4 Å². The number of hydroxylamine groups is 4. The van der Waals surface area contributed by atoms with E-state index in [1.54, 1.807) is 28.3 Å². The number of alkyl halides is 2. The Bertz CT molecular complexity index is 1140. The molecule has 2 aliphatic heterocycles. The Morgan fingerprint density at radius 1 is 0.690 bits per heavy atom. The highest BCUT2D eigenvalue weighted by molar-refractivity contribution is 14.1. The zero-order valence-electron chi connectivity index (χ0n) is 25.9. The van der Waals surface area contributed by atoms with Gasteiger partial charge in [-0.05, 0) is 73.6 Å². The number of carbonyl (C=O) groups excluding carboxylic acids is 4. The second-order valence-corrected chi connectivity index (χ2v) is 16.1. The van der Waals surface area contributed by atoms with E-state index in [0.29, 0.717) is 12.8 Å². The lowest BCUT2D eigenvalue weighted by Crippen LogP contribution is -2.67. The van der Waals surface area contributed by atoms with Crippen LogP contribution >= 0.6 is 45.2 Å². The summed E-state index contributed by atoms with van der Waals surface area (Å²) < 4.78 is 11.6. The van der Waals surface area contributed by atoms with Crippen molar-refractivity contribution in [2.45, 2.75) is 124 Å². The summed E-state index contributed by atoms with van der Waals surface area (Å²) in [5.41, 5.74) is -1.93. The van der Waals surface area contributed by atoms with Crippen molar-refractivity contribution in [2.24, 2.45) is 0 Å². The molecule has 2 saturated heterocycles. The summed E-state index contributed by atoms with van der Waals surface area (Å²) in [6.07, 6.45) is -0.0341. The first-order valence-electron chi connectivity index (χ1n) is 13.9. The third kappa shape index (κ3) is 7.23. The number of rotatable bonds is 6. The van der Waals surface area contributed by atoms with Crippen molar-refractivity contribution in [3.8, 4) is 0 Å². The van der Waals surface area contributed by atoms with Crippen molar-refractivity contribution in [1.29, 1.82) is 0 Å². The van der Waals surface area contributed by atoms with Crippen LogP contribution in [0.2, 0.25) is 0 Å². The quantitative estimate of drug-likeness (QED) is 0.198. The SMILES string of the molecule is CC(=O)ON1C(C)(C)CC(OC(=O)c2cccc(C(=O)OC3CC(C)(C)N(OC(C)=O)C(C)(C)C3I)c2)C(I)C1(C)C. The first kappa shape index (κ1) is 35.0. The van der Waals surface area contributed by atoms with E-state index < -0.39 is 58.2 Å². The summed E-state index contributed by atoms with van der Waals surface area (Å²) in [5, 5.41) is 3.39. The molecule has 1 aromatic carbocycles. The van der Waals surface area contributed by atoms with Crippen LogP contribution in [0.3, 0.4) is 0 Å². The fourth-order valence-electron chi connectivity index (χ4n) is 6.18. The third-order valence-corrected chi connectivity index (χ3v) is 12.5. The van der Waals surface area contributed by atoms with Crippen molar-refractivity contribution >= 4 is 69.1 Å². The number of hydrogen-bond donors (Lipinski definition) is 0. The number of nitrogens with zero attached hydrogens (tertiary/aromatic N) is 2. The van der Waals surface area contributed by atoms with Crippen LogP contribution < -0.4 is 0 Å². The first-order valence-corrected chi connectivity index (χ1v) is 16.4. The molecule has 0 aliphatic carbocycles. The number of esters is 2. The van der Waals surface area contributed by atoms with Crippen molar-refractivity contribution < 1.29 is 38.3 Å². The molecule has 2 fully saturated rings. The average Bonchev–Trinajstić information content (AvgIpc) is 2.86. The second-order valence-electron chi connectivity index (χ2n) is 13.4. The van der Waals surface area contributed by atoms with Crippen LogP contribution in [0, 0.1) is 0 Å². The molecule has 0 radical (unpaired) electrons. The van der Waals surface area contributed by atoms with Gasteiger partial charge in [-0.25, -0.2) is 9.59 Å². The number of piperidine rings is 2. The monoisotopic (exact) mass is 812 g/mol. The Morgan fingerprint density at radius 3 is 1.33 bits per heavy atom. The van der Waals surface area contributed by atoms with Gasteiger partial charge in [-0.2, -0.15) is 0 Å². The Morgan fingerprint density at radius 2 is 1.02 bits per heavy atom. The Kier molecular flexibility index (Phi) is 10.4. The standard InChI is InChI=1S/C30H42I2N2O8/c1-17(35)41-33-27(3,4)15-21(23(31)29(33,7)8)39-25(37)19-12-11-13-20(14-19)26(38)40-22-16-28(5,6)34(42-18(2)36)30(9,10)24(22)32/h11-14,21-24H,15-16H2,1-10H3. The van der Waals surface area contributed by atoms with Gasteiger partial charge in [-0.1, -0.05) is 51.2 Å². The van der Waals surface area contributed by atoms with Gasteiger partial charge in [0, 0.05) is 26.7 Å². The molecule has 12 heteroatoms. The van der Waals surface area contributed by atoms with E-state index >= 15 is 0 Å². The average molecular weight is 812 g/mol. The largest absolute Gasteiger partial charge is 0.458 e. The normalized spacial score (nSPS) is 28.3. The topological polar surface area (TPSA) is 112 Å². The van der Waals surface area contributed by atoms with Crippen molar-refractivity contribution in [3.63, 3.8) is 0 Å². The lowest BCUT2D eigenvalue weighted by molar-refractivity contribution is -0.270. The van der Waals surface area contributed by atoms with Gasteiger partial charge in [0.1, 0.15) is 12.2 Å². The highest BCUT2D eigenvalue weighted by Crippen LogP contribution is 2.45. The number of ether oxygens (including phenoxy) is 2. The molecule has 42 heavy (non-hydrogen) atoms. The van der Waals surface area contributed by atoms with Crippen molar-refractivity contribution in [2.75, 3.05) is 0 Å². The van der Waals surface area contributed by atoms with Crippen LogP contribution in [0.1, 0.15) is 103 Å². The van der Waals surface area contributed by atoms with Gasteiger partial charge in [0.25, 0.3) is 0 Å². The van der Waals surface area contributed by atoms with E-state index in [4.69, 9.17) is 19.1 Å². The van der Waals surface area contributed by atoms with E-state index in [1.807, 2.05) is 55.4 Å². The zero-order chi connectivity index (χ0) is 32.0. The molecule has 4 unspecified atom stereocenters. The maximum atomic E-state index is 13.3. The summed E-state index contributed by atoms with van der Waals surface area (Å²) in [5.74, 6) is -1.91. The van der Waals surface area contributed by atoms with Crippen molar-refractivity contribution in [1.82, 2.24) is 10.1 Å². The summed E-state index contributed by atoms with van der Waals surface area (Å²) in [4.78, 5) is 61.3. The molecular formula is C30H42I2N2O8. The molecule has 4 atom stereocenters. The highest BCUT2D eigenvalue weighted by Gasteiger charge is 2.56. The molecule has 2 heterocycles. The molecule has 2 aliphatic rings. The molecule has 0 N–H and O–H groups in total. The fraction of sp³-hybridized carbons (Fsp3) is 0.667. The number of benzene rings is 1. The van der Waals surface area contributed by atoms with Crippen LogP contribution in [0.4, 0.5) is 0 Å². The maximum absolute atomic E-state index is 13.3. The molecule has 0 bridgehead atoms. The summed E-state index contributed by atoms with van der Waals surface area (Å²) in [6.45, 7) is 18.3. The van der Waals surface area contributed by atoms with E-state index in [1.165, 1.54) is 19.9 Å². The fourth-order valence-corrected chi connectivity index (χ4v) is 7.49. The van der Waals surface area contributed by atoms with Crippen LogP contribution in [0.15, 0.2) is 24.3 Å². The van der Waals surface area contributed by atoms with Crippen LogP contribution in [-0.4, -0.2) is 76.2 Å². The summed E-state index contributed by atoms with van der Waals surface area (Å²) >= 11 is 4.48. The van der Waals surface area contributed by atoms with Crippen LogP contribution in [0.25, 0.3) is 0 Å². The van der Waals surface area contributed by atoms with E-state index in [9.17, 15) is 19.2 Å². The zero-order valence-corrected chi connectivity index (χ0v) is 30.3. The molecule has 1 aromatic rings. The minimum atomic E-state index is -0.618. The van der Waals surface area contributed by atoms with Gasteiger partial charge >= 0.3 is 23.9 Å². The number of halogens is 2. The minimum absolute atomic E-state index is 0.190. The molecular weight excluding hydrogens is 770 g/mol. The molecule has 234 valence electrons. The first-order chi connectivity index (χ1) is 19.1. The predicted octanol–water partition coefficient (Wildman–Crippen LogP) is 5.83. The molecule has 0 aromatic heterocycles. The molecule has 10 nitrogen and oxygen atoms in total. The maximum Gasteiger partial charge on any atom is 0.338 e. The Hall–Kier alpha value is -1.52. The number of hydrogen-bond acceptors (Lipinski definition) is 10. The van der Waals surface area contributed by atoms with Crippen LogP contribution in [-0.2, 0) is 28.7 Å². The molecule has 0 saturated carbocycles. The number of carbonyl (C=O) groups is 4.